The molecule has 21 heavy (non-hydrogen) atoms. The molecule has 6 nitrogen and oxygen atoms in total. The molecule has 0 atom stereocenters. The summed E-state index contributed by atoms with van der Waals surface area (Å²) < 4.78 is 10.8. The smallest absolute Gasteiger partial charge is 0.335 e. The van der Waals surface area contributed by atoms with Crippen LogP contribution < -0.4 is 9.47 Å². The van der Waals surface area contributed by atoms with Crippen LogP contribution in [0.15, 0.2) is 18.2 Å². The van der Waals surface area contributed by atoms with E-state index in [1.165, 1.54) is 18.2 Å². The van der Waals surface area contributed by atoms with Crippen LogP contribution >= 0.6 is 24.4 Å². The lowest BCUT2D eigenvalue weighted by Gasteiger charge is -2.17. The Morgan fingerprint density at radius 1 is 0.952 bits per heavy atom. The fourth-order valence-electron chi connectivity index (χ4n) is 1.20. The number of hydrogen-bond acceptors (Lipinski definition) is 5. The maximum absolute atomic E-state index is 11.1. The minimum absolute atomic E-state index is 0.0191. The number of nitrogens with zero attached hydrogens (tertiary/aromatic N) is 2. The SMILES string of the molecule is CN(C)C(=S)Oc1cc(OC(=S)N(C)C)cc(C(=O)O)c1. The van der Waals surface area contributed by atoms with E-state index in [2.05, 4.69) is 0 Å². The molecule has 0 saturated carbocycles. The van der Waals surface area contributed by atoms with Crippen LogP contribution in [-0.2, 0) is 0 Å². The number of ether oxygens (including phenoxy) is 2. The fraction of sp³-hybridized carbons (Fsp3) is 0.308. The molecule has 0 aromatic heterocycles. The van der Waals surface area contributed by atoms with Crippen LogP contribution in [0.5, 0.6) is 11.5 Å². The summed E-state index contributed by atoms with van der Waals surface area (Å²) in [6.45, 7) is 0. The van der Waals surface area contributed by atoms with E-state index in [0.717, 1.165) is 0 Å². The summed E-state index contributed by atoms with van der Waals surface area (Å²) in [5.74, 6) is -0.563. The normalized spacial score (nSPS) is 9.71. The molecule has 0 saturated heterocycles. The summed E-state index contributed by atoms with van der Waals surface area (Å²) in [5, 5.41) is 9.54. The molecule has 1 rings (SSSR count). The van der Waals surface area contributed by atoms with Gasteiger partial charge < -0.3 is 24.4 Å². The van der Waals surface area contributed by atoms with Gasteiger partial charge in [0.1, 0.15) is 11.5 Å². The van der Waals surface area contributed by atoms with Gasteiger partial charge >= 0.3 is 5.97 Å². The summed E-state index contributed by atoms with van der Waals surface area (Å²) in [5.41, 5.74) is 0.0191. The molecule has 114 valence electrons. The fourth-order valence-corrected chi connectivity index (χ4v) is 1.39. The first kappa shape index (κ1) is 17.1. The van der Waals surface area contributed by atoms with Crippen LogP contribution in [-0.4, -0.2) is 59.4 Å². The maximum Gasteiger partial charge on any atom is 0.335 e. The molecule has 0 bridgehead atoms. The lowest BCUT2D eigenvalue weighted by Crippen LogP contribution is -2.26. The number of thiocarbonyl (C=S) groups is 2. The van der Waals surface area contributed by atoms with Gasteiger partial charge in [-0.25, -0.2) is 4.79 Å². The zero-order chi connectivity index (χ0) is 16.2. The van der Waals surface area contributed by atoms with Crippen molar-refractivity contribution in [3.05, 3.63) is 23.8 Å². The Labute approximate surface area is 133 Å². The summed E-state index contributed by atoms with van der Waals surface area (Å²) in [6, 6.07) is 4.26. The van der Waals surface area contributed by atoms with Crippen LogP contribution in [0.3, 0.4) is 0 Å². The van der Waals surface area contributed by atoms with Gasteiger partial charge in [-0.15, -0.1) is 0 Å². The summed E-state index contributed by atoms with van der Waals surface area (Å²) >= 11 is 10.0. The third-order valence-electron chi connectivity index (χ3n) is 2.27. The third kappa shape index (κ3) is 5.16. The molecule has 0 heterocycles. The lowest BCUT2D eigenvalue weighted by atomic mass is 10.2. The highest BCUT2D eigenvalue weighted by atomic mass is 32.1. The van der Waals surface area contributed by atoms with Crippen LogP contribution in [0.25, 0.3) is 0 Å². The molecule has 0 fully saturated rings. The average Bonchev–Trinajstić information content (AvgIpc) is 2.37. The third-order valence-corrected chi connectivity index (χ3v) is 3.16. The number of aromatic carboxylic acids is 1. The van der Waals surface area contributed by atoms with Crippen LogP contribution in [0.1, 0.15) is 10.4 Å². The number of rotatable bonds is 3. The predicted octanol–water partition coefficient (Wildman–Crippen LogP) is 1.84. The summed E-state index contributed by atoms with van der Waals surface area (Å²) in [6.07, 6.45) is 0. The van der Waals surface area contributed by atoms with Crippen molar-refractivity contribution in [1.29, 1.82) is 0 Å². The molecule has 1 aromatic carbocycles. The van der Waals surface area contributed by atoms with Gasteiger partial charge in [0.25, 0.3) is 10.3 Å². The van der Waals surface area contributed by atoms with Gasteiger partial charge in [0.05, 0.1) is 5.56 Å². The summed E-state index contributed by atoms with van der Waals surface area (Å²) in [4.78, 5) is 14.3. The van der Waals surface area contributed by atoms with Crippen molar-refractivity contribution >= 4 is 40.8 Å². The van der Waals surface area contributed by atoms with Crippen molar-refractivity contribution in [2.75, 3.05) is 28.2 Å². The minimum Gasteiger partial charge on any atom is -0.478 e. The van der Waals surface area contributed by atoms with Crippen molar-refractivity contribution in [3.63, 3.8) is 0 Å². The highest BCUT2D eigenvalue weighted by Gasteiger charge is 2.13. The molecule has 0 aliphatic heterocycles. The lowest BCUT2D eigenvalue weighted by molar-refractivity contribution is 0.0696. The molecule has 0 radical (unpaired) electrons. The zero-order valence-electron chi connectivity index (χ0n) is 12.1. The first-order valence-electron chi connectivity index (χ1n) is 5.87. The Bertz CT molecular complexity index is 533. The maximum atomic E-state index is 11.1. The first-order valence-corrected chi connectivity index (χ1v) is 6.69. The molecular formula is C13H16N2O4S2. The first-order chi connectivity index (χ1) is 9.70. The Kier molecular flexibility index (Phi) is 5.86. The molecule has 1 N–H and O–H groups in total. The van der Waals surface area contributed by atoms with Gasteiger partial charge in [-0.1, -0.05) is 0 Å². The highest BCUT2D eigenvalue weighted by Crippen LogP contribution is 2.24. The van der Waals surface area contributed by atoms with Gasteiger partial charge in [-0.3, -0.25) is 0 Å². The van der Waals surface area contributed by atoms with Gasteiger partial charge in [0.15, 0.2) is 0 Å². The van der Waals surface area contributed by atoms with Gasteiger partial charge in [-0.2, -0.15) is 0 Å². The molecule has 0 aliphatic rings. The van der Waals surface area contributed by atoms with Gasteiger partial charge in [-0.05, 0) is 36.6 Å². The molecule has 0 aliphatic carbocycles. The monoisotopic (exact) mass is 328 g/mol. The second-order valence-corrected chi connectivity index (χ2v) is 5.22. The van der Waals surface area contributed by atoms with E-state index in [1.807, 2.05) is 0 Å². The quantitative estimate of drug-likeness (QED) is 0.844. The minimum atomic E-state index is -1.10. The van der Waals surface area contributed by atoms with E-state index in [-0.39, 0.29) is 27.4 Å². The summed E-state index contributed by atoms with van der Waals surface area (Å²) in [7, 11) is 6.90. The standard InChI is InChI=1S/C13H16N2O4S2/c1-14(2)12(20)18-9-5-8(11(16)17)6-10(7-9)19-13(21)15(3)4/h5-7H,1-4H3,(H,16,17). The highest BCUT2D eigenvalue weighted by molar-refractivity contribution is 7.80. The topological polar surface area (TPSA) is 62.2 Å². The number of carbonyl (C=O) groups is 1. The second-order valence-electron chi connectivity index (χ2n) is 4.52. The van der Waals surface area contributed by atoms with E-state index >= 15 is 0 Å². The number of benzene rings is 1. The van der Waals surface area contributed by atoms with E-state index in [4.69, 9.17) is 39.0 Å². The molecule has 1 aromatic rings. The Hall–Kier alpha value is -1.93. The Balaban J connectivity index is 3.08. The van der Waals surface area contributed by atoms with E-state index < -0.39 is 5.97 Å². The van der Waals surface area contributed by atoms with Crippen molar-refractivity contribution in [3.8, 4) is 11.5 Å². The van der Waals surface area contributed by atoms with E-state index in [1.54, 1.807) is 38.0 Å². The van der Waals surface area contributed by atoms with Crippen LogP contribution in [0, 0.1) is 0 Å². The number of hydrogen-bond donors (Lipinski definition) is 1. The van der Waals surface area contributed by atoms with Crippen LogP contribution in [0.2, 0.25) is 0 Å². The second kappa shape index (κ2) is 7.19. The van der Waals surface area contributed by atoms with E-state index in [0.29, 0.717) is 0 Å². The van der Waals surface area contributed by atoms with Gasteiger partial charge in [0, 0.05) is 34.3 Å². The van der Waals surface area contributed by atoms with Crippen molar-refractivity contribution < 1.29 is 19.4 Å². The molecule has 0 unspecified atom stereocenters. The number of carboxylic acids is 1. The van der Waals surface area contributed by atoms with Crippen LogP contribution in [0.4, 0.5) is 0 Å². The number of carboxylic acid groups (broad SMARTS) is 1. The Morgan fingerprint density at radius 3 is 1.62 bits per heavy atom. The van der Waals surface area contributed by atoms with E-state index in [9.17, 15) is 4.79 Å². The molecule has 0 amide bonds. The predicted molar refractivity (Wildman–Crippen MR) is 87.2 cm³/mol. The zero-order valence-corrected chi connectivity index (χ0v) is 13.7. The average molecular weight is 328 g/mol. The van der Waals surface area contributed by atoms with Crippen molar-refractivity contribution in [1.82, 2.24) is 9.80 Å². The van der Waals surface area contributed by atoms with Crippen molar-refractivity contribution in [2.45, 2.75) is 0 Å². The van der Waals surface area contributed by atoms with Crippen molar-refractivity contribution in [2.24, 2.45) is 0 Å². The largest absolute Gasteiger partial charge is 0.478 e. The Morgan fingerprint density at radius 2 is 1.33 bits per heavy atom. The molecule has 0 spiro atoms. The molecular weight excluding hydrogens is 312 g/mol. The van der Waals surface area contributed by atoms with Gasteiger partial charge in [0.2, 0.25) is 0 Å². The molecule has 8 heteroatoms.